The fourth-order valence-corrected chi connectivity index (χ4v) is 2.90. The van der Waals surface area contributed by atoms with Crippen molar-refractivity contribution in [3.8, 4) is 0 Å². The van der Waals surface area contributed by atoms with Gasteiger partial charge in [0.25, 0.3) is 5.91 Å². The maximum atomic E-state index is 12.6. The molecule has 0 aliphatic rings. The fourth-order valence-electron chi connectivity index (χ4n) is 2.90. The lowest BCUT2D eigenvalue weighted by atomic mass is 10.0. The SMILES string of the molecule is CC(C)C(NC(=O)c1cn(CCCCCF)c2ccccc12)C(=O)O. The number of amides is 1. The molecular formula is C19H25FN2O3. The molecule has 1 aromatic heterocycles. The lowest BCUT2D eigenvalue weighted by molar-refractivity contribution is -0.140. The molecule has 1 aromatic carbocycles. The zero-order valence-corrected chi connectivity index (χ0v) is 14.7. The lowest BCUT2D eigenvalue weighted by Gasteiger charge is -2.17. The highest BCUT2D eigenvalue weighted by Gasteiger charge is 2.25. The Kier molecular flexibility index (Phi) is 6.56. The number of aryl methyl sites for hydroxylation is 1. The third-order valence-electron chi connectivity index (χ3n) is 4.29. The molecule has 0 fully saturated rings. The Morgan fingerprint density at radius 3 is 2.56 bits per heavy atom. The van der Waals surface area contributed by atoms with Gasteiger partial charge < -0.3 is 15.0 Å². The number of hydrogen-bond donors (Lipinski definition) is 2. The minimum Gasteiger partial charge on any atom is -0.480 e. The highest BCUT2D eigenvalue weighted by Crippen LogP contribution is 2.22. The molecule has 25 heavy (non-hydrogen) atoms. The van der Waals surface area contributed by atoms with Crippen LogP contribution in [0.15, 0.2) is 30.5 Å². The van der Waals surface area contributed by atoms with Crippen molar-refractivity contribution in [2.45, 2.75) is 45.7 Å². The summed E-state index contributed by atoms with van der Waals surface area (Å²) in [6.45, 7) is 3.90. The molecule has 0 saturated heterocycles. The molecule has 1 unspecified atom stereocenters. The highest BCUT2D eigenvalue weighted by molar-refractivity contribution is 6.07. The first-order valence-electron chi connectivity index (χ1n) is 8.63. The van der Waals surface area contributed by atoms with Crippen LogP contribution in [0.25, 0.3) is 10.9 Å². The molecule has 0 saturated carbocycles. The van der Waals surface area contributed by atoms with Gasteiger partial charge in [-0.3, -0.25) is 9.18 Å². The summed E-state index contributed by atoms with van der Waals surface area (Å²) in [6.07, 6.45) is 3.92. The molecule has 0 spiro atoms. The highest BCUT2D eigenvalue weighted by atomic mass is 19.1. The van der Waals surface area contributed by atoms with Gasteiger partial charge in [-0.05, 0) is 31.2 Å². The summed E-state index contributed by atoms with van der Waals surface area (Å²) in [5.74, 6) is -1.64. The number of alkyl halides is 1. The Hall–Kier alpha value is -2.37. The van der Waals surface area contributed by atoms with E-state index in [1.807, 2.05) is 28.8 Å². The van der Waals surface area contributed by atoms with Crippen LogP contribution in [0, 0.1) is 5.92 Å². The van der Waals surface area contributed by atoms with E-state index in [0.717, 1.165) is 23.7 Å². The van der Waals surface area contributed by atoms with Crippen molar-refractivity contribution < 1.29 is 19.1 Å². The summed E-state index contributed by atoms with van der Waals surface area (Å²) in [5, 5.41) is 12.7. The standard InChI is InChI=1S/C19H25FN2O3/c1-13(2)17(19(24)25)21-18(23)15-12-22(11-7-3-6-10-20)16-9-5-4-8-14(15)16/h4-5,8-9,12-13,17H,3,6-7,10-11H2,1-2H3,(H,21,23)(H,24,25). The van der Waals surface area contributed by atoms with E-state index in [9.17, 15) is 19.1 Å². The first-order chi connectivity index (χ1) is 12.0. The number of fused-ring (bicyclic) bond motifs is 1. The van der Waals surface area contributed by atoms with E-state index in [4.69, 9.17) is 0 Å². The van der Waals surface area contributed by atoms with Gasteiger partial charge in [-0.1, -0.05) is 32.0 Å². The smallest absolute Gasteiger partial charge is 0.326 e. The average molecular weight is 348 g/mol. The van der Waals surface area contributed by atoms with Crippen molar-refractivity contribution in [3.63, 3.8) is 0 Å². The van der Waals surface area contributed by atoms with Gasteiger partial charge >= 0.3 is 5.97 Å². The number of halogens is 1. The number of carboxylic acid groups (broad SMARTS) is 1. The number of unbranched alkanes of at least 4 members (excludes halogenated alkanes) is 2. The Labute approximate surface area is 146 Å². The van der Waals surface area contributed by atoms with E-state index in [1.54, 1.807) is 20.0 Å². The van der Waals surface area contributed by atoms with Crippen molar-refractivity contribution in [1.29, 1.82) is 0 Å². The van der Waals surface area contributed by atoms with Crippen LogP contribution >= 0.6 is 0 Å². The number of carbonyl (C=O) groups excluding carboxylic acids is 1. The summed E-state index contributed by atoms with van der Waals surface area (Å²) in [4.78, 5) is 24.0. The summed E-state index contributed by atoms with van der Waals surface area (Å²) in [6, 6.07) is 6.60. The maximum absolute atomic E-state index is 12.6. The zero-order valence-electron chi connectivity index (χ0n) is 14.7. The Balaban J connectivity index is 2.25. The van der Waals surface area contributed by atoms with Crippen LogP contribution in [0.1, 0.15) is 43.5 Å². The Bertz CT molecular complexity index is 739. The molecule has 1 atom stereocenters. The van der Waals surface area contributed by atoms with Gasteiger partial charge in [0.15, 0.2) is 0 Å². The summed E-state index contributed by atoms with van der Waals surface area (Å²) < 4.78 is 14.2. The van der Waals surface area contributed by atoms with Crippen LogP contribution in [-0.2, 0) is 11.3 Å². The zero-order chi connectivity index (χ0) is 18.4. The first kappa shape index (κ1) is 19.0. The van der Waals surface area contributed by atoms with Crippen LogP contribution in [-0.4, -0.2) is 34.3 Å². The van der Waals surface area contributed by atoms with Gasteiger partial charge in [-0.15, -0.1) is 0 Å². The maximum Gasteiger partial charge on any atom is 0.326 e. The lowest BCUT2D eigenvalue weighted by Crippen LogP contribution is -2.44. The number of carbonyl (C=O) groups is 2. The first-order valence-corrected chi connectivity index (χ1v) is 8.63. The largest absolute Gasteiger partial charge is 0.480 e. The number of rotatable bonds is 9. The number of aromatic nitrogens is 1. The predicted octanol–water partition coefficient (Wildman–Crippen LogP) is 3.62. The molecule has 2 rings (SSSR count). The van der Waals surface area contributed by atoms with Crippen molar-refractivity contribution >= 4 is 22.8 Å². The summed E-state index contributed by atoms with van der Waals surface area (Å²) in [7, 11) is 0. The van der Waals surface area contributed by atoms with Crippen molar-refractivity contribution in [2.75, 3.05) is 6.67 Å². The van der Waals surface area contributed by atoms with E-state index in [0.29, 0.717) is 18.5 Å². The fraction of sp³-hybridized carbons (Fsp3) is 0.474. The topological polar surface area (TPSA) is 71.3 Å². The number of para-hydroxylation sites is 1. The monoisotopic (exact) mass is 348 g/mol. The molecule has 2 aromatic rings. The summed E-state index contributed by atoms with van der Waals surface area (Å²) in [5.41, 5.74) is 1.39. The second-order valence-corrected chi connectivity index (χ2v) is 6.54. The van der Waals surface area contributed by atoms with E-state index in [-0.39, 0.29) is 18.5 Å². The number of nitrogens with zero attached hydrogens (tertiary/aromatic N) is 1. The molecule has 136 valence electrons. The minimum atomic E-state index is -1.04. The van der Waals surface area contributed by atoms with Crippen LogP contribution in [0.3, 0.4) is 0 Å². The molecule has 6 heteroatoms. The second kappa shape index (κ2) is 8.65. The third-order valence-corrected chi connectivity index (χ3v) is 4.29. The molecule has 0 aliphatic carbocycles. The number of hydrogen-bond acceptors (Lipinski definition) is 2. The van der Waals surface area contributed by atoms with E-state index >= 15 is 0 Å². The van der Waals surface area contributed by atoms with Crippen molar-refractivity contribution in [3.05, 3.63) is 36.0 Å². The van der Waals surface area contributed by atoms with Gasteiger partial charge in [0.1, 0.15) is 6.04 Å². The molecule has 1 heterocycles. The number of aliphatic carboxylic acids is 1. The Morgan fingerprint density at radius 2 is 1.92 bits per heavy atom. The normalized spacial score (nSPS) is 12.5. The molecule has 0 aliphatic heterocycles. The van der Waals surface area contributed by atoms with E-state index < -0.39 is 12.0 Å². The predicted molar refractivity (Wildman–Crippen MR) is 95.5 cm³/mol. The van der Waals surface area contributed by atoms with Crippen LogP contribution < -0.4 is 5.32 Å². The molecule has 1 amide bonds. The number of nitrogens with one attached hydrogen (secondary N) is 1. The van der Waals surface area contributed by atoms with E-state index in [1.165, 1.54) is 0 Å². The van der Waals surface area contributed by atoms with Gasteiger partial charge in [-0.25, -0.2) is 4.79 Å². The second-order valence-electron chi connectivity index (χ2n) is 6.54. The number of carboxylic acids is 1. The van der Waals surface area contributed by atoms with Crippen LogP contribution in [0.4, 0.5) is 4.39 Å². The minimum absolute atomic E-state index is 0.212. The van der Waals surface area contributed by atoms with Gasteiger partial charge in [-0.2, -0.15) is 0 Å². The van der Waals surface area contributed by atoms with Crippen LogP contribution in [0.2, 0.25) is 0 Å². The number of benzene rings is 1. The molecule has 0 bridgehead atoms. The molecule has 5 nitrogen and oxygen atoms in total. The summed E-state index contributed by atoms with van der Waals surface area (Å²) >= 11 is 0. The van der Waals surface area contributed by atoms with Crippen LogP contribution in [0.5, 0.6) is 0 Å². The third kappa shape index (κ3) is 4.59. The van der Waals surface area contributed by atoms with E-state index in [2.05, 4.69) is 5.32 Å². The Morgan fingerprint density at radius 1 is 1.20 bits per heavy atom. The van der Waals surface area contributed by atoms with Gasteiger partial charge in [0.05, 0.1) is 12.2 Å². The molecule has 0 radical (unpaired) electrons. The van der Waals surface area contributed by atoms with Crippen molar-refractivity contribution in [2.24, 2.45) is 5.92 Å². The molecule has 2 N–H and O–H groups in total. The average Bonchev–Trinajstić information content (AvgIpc) is 2.95. The molecular weight excluding hydrogens is 323 g/mol. The van der Waals surface area contributed by atoms with Crippen molar-refractivity contribution in [1.82, 2.24) is 9.88 Å². The van der Waals surface area contributed by atoms with Gasteiger partial charge in [0, 0.05) is 23.6 Å². The van der Waals surface area contributed by atoms with Gasteiger partial charge in [0.2, 0.25) is 0 Å². The quantitative estimate of drug-likeness (QED) is 0.680.